The maximum absolute atomic E-state index is 15.9. The summed E-state index contributed by atoms with van der Waals surface area (Å²) in [6, 6.07) is 56.8. The number of rotatable bonds is 18. The summed E-state index contributed by atoms with van der Waals surface area (Å²) >= 11 is 6.53. The molecule has 0 radical (unpaired) electrons. The van der Waals surface area contributed by atoms with E-state index in [1.807, 2.05) is 60.7 Å². The van der Waals surface area contributed by atoms with Crippen molar-refractivity contribution in [3.05, 3.63) is 192 Å². The van der Waals surface area contributed by atoms with E-state index in [0.717, 1.165) is 28.1 Å². The lowest BCUT2D eigenvalue weighted by Gasteiger charge is -2.47. The Bertz CT molecular complexity index is 2410. The van der Waals surface area contributed by atoms with Crippen molar-refractivity contribution in [2.24, 2.45) is 5.92 Å². The standard InChI is InChI=1S/C55H63ClN2O5Si2/c1-55(2,3)65(48-24-16-10-17-25-48,49-26-18-11-19-27-49)63-39-38-42(41-28-33-45(56)34-29-41)32-37-50(53(59)57-51(40-62-54(57)60)43-20-12-8-13-21-43)52(44-30-35-47(61-4)36-31-44)58(64(5,6)7)46-22-14-9-15-23-46/h8-31,33-36,42,50-52H,32,37-40H2,1-7H3/t42-,50-,51+,52-/m0/s1. The highest BCUT2D eigenvalue weighted by molar-refractivity contribution is 6.99. The van der Waals surface area contributed by atoms with Crippen molar-refractivity contribution < 1.29 is 23.5 Å². The summed E-state index contributed by atoms with van der Waals surface area (Å²) in [5, 5.41) is 2.93. The summed E-state index contributed by atoms with van der Waals surface area (Å²) in [5.41, 5.74) is 3.98. The van der Waals surface area contributed by atoms with Gasteiger partial charge in [-0.2, -0.15) is 0 Å². The number of nitrogens with zero attached hydrogens (tertiary/aromatic N) is 2. The third kappa shape index (κ3) is 10.7. The predicted octanol–water partition coefficient (Wildman–Crippen LogP) is 12.6. The number of halogens is 1. The lowest BCUT2D eigenvalue weighted by molar-refractivity contribution is -0.134. The number of cyclic esters (lactones) is 1. The van der Waals surface area contributed by atoms with Crippen molar-refractivity contribution in [1.82, 2.24) is 4.90 Å². The van der Waals surface area contributed by atoms with Crippen LogP contribution >= 0.6 is 11.6 Å². The molecular weight excluding hydrogens is 860 g/mol. The number of methoxy groups -OCH3 is 1. The highest BCUT2D eigenvalue weighted by Gasteiger charge is 2.51. The third-order valence-corrected chi connectivity index (χ3v) is 20.1. The van der Waals surface area contributed by atoms with Crippen molar-refractivity contribution >= 4 is 56.2 Å². The minimum atomic E-state index is -2.84. The molecule has 6 aromatic rings. The fourth-order valence-corrected chi connectivity index (χ4v) is 16.6. The number of hydrogen-bond donors (Lipinski definition) is 0. The Balaban J connectivity index is 1.33. The molecule has 0 spiro atoms. The number of carbonyl (C=O) groups is 2. The lowest BCUT2D eigenvalue weighted by Crippen LogP contribution is -2.66. The molecule has 1 saturated heterocycles. The first kappa shape index (κ1) is 47.5. The molecular formula is C55H63ClN2O5Si2. The molecule has 0 bridgehead atoms. The second kappa shape index (κ2) is 20.8. The SMILES string of the molecule is COc1ccc([C@@H]([C@H](CC[C@@H](CCO[Si](c2ccccc2)(c2ccccc2)C(C)(C)C)c2ccc(Cl)cc2)C(=O)N2C(=O)OC[C@@H]2c2ccccc2)N(c2ccccc2)[Si](C)(C)C)cc1. The largest absolute Gasteiger partial charge is 0.497 e. The van der Waals surface area contributed by atoms with Crippen LogP contribution in [0.4, 0.5) is 10.5 Å². The first-order valence-electron chi connectivity index (χ1n) is 22.8. The van der Waals surface area contributed by atoms with Gasteiger partial charge in [0.1, 0.15) is 26.6 Å². The van der Waals surface area contributed by atoms with Crippen molar-refractivity contribution in [2.75, 3.05) is 24.9 Å². The van der Waals surface area contributed by atoms with Gasteiger partial charge in [0.15, 0.2) is 0 Å². The van der Waals surface area contributed by atoms with Gasteiger partial charge in [-0.3, -0.25) is 4.79 Å². The molecule has 6 aromatic carbocycles. The van der Waals surface area contributed by atoms with E-state index in [4.69, 9.17) is 25.5 Å². The zero-order valence-electron chi connectivity index (χ0n) is 38.8. The van der Waals surface area contributed by atoms with E-state index < -0.39 is 40.6 Å². The van der Waals surface area contributed by atoms with Crippen molar-refractivity contribution in [2.45, 2.75) is 82.7 Å². The Kier molecular flexibility index (Phi) is 15.2. The van der Waals surface area contributed by atoms with Crippen LogP contribution in [-0.4, -0.2) is 53.8 Å². The highest BCUT2D eigenvalue weighted by atomic mass is 35.5. The number of ether oxygens (including phenoxy) is 2. The van der Waals surface area contributed by atoms with E-state index in [1.54, 1.807) is 7.11 Å². The van der Waals surface area contributed by atoms with Crippen molar-refractivity contribution in [1.29, 1.82) is 0 Å². The van der Waals surface area contributed by atoms with E-state index in [-0.39, 0.29) is 23.5 Å². The Morgan fingerprint density at radius 2 is 1.25 bits per heavy atom. The number of carbonyl (C=O) groups excluding carboxylic acids is 2. The van der Waals surface area contributed by atoms with Crippen LogP contribution < -0.4 is 19.7 Å². The summed E-state index contributed by atoms with van der Waals surface area (Å²) < 4.78 is 21.4. The van der Waals surface area contributed by atoms with E-state index in [9.17, 15) is 4.79 Å². The molecule has 1 aliphatic rings. The van der Waals surface area contributed by atoms with Crippen LogP contribution in [0.25, 0.3) is 0 Å². The molecule has 0 N–H and O–H groups in total. The van der Waals surface area contributed by atoms with Gasteiger partial charge in [0.2, 0.25) is 5.91 Å². The van der Waals surface area contributed by atoms with E-state index in [0.29, 0.717) is 30.9 Å². The van der Waals surface area contributed by atoms with Gasteiger partial charge in [-0.1, -0.05) is 185 Å². The summed E-state index contributed by atoms with van der Waals surface area (Å²) in [7, 11) is -3.49. The first-order valence-corrected chi connectivity index (χ1v) is 28.5. The van der Waals surface area contributed by atoms with Gasteiger partial charge in [0.05, 0.1) is 19.1 Å². The smallest absolute Gasteiger partial charge is 0.417 e. The average molecular weight is 924 g/mol. The fraction of sp³-hybridized carbons (Fsp3) is 0.309. The molecule has 4 atom stereocenters. The fourth-order valence-electron chi connectivity index (χ4n) is 9.81. The van der Waals surface area contributed by atoms with Crippen LogP contribution in [-0.2, 0) is 14.0 Å². The molecule has 338 valence electrons. The average Bonchev–Trinajstić information content (AvgIpc) is 3.71. The predicted molar refractivity (Wildman–Crippen MR) is 270 cm³/mol. The topological polar surface area (TPSA) is 68.3 Å². The zero-order chi connectivity index (χ0) is 46.2. The van der Waals surface area contributed by atoms with Gasteiger partial charge in [-0.05, 0) is 93.7 Å². The van der Waals surface area contributed by atoms with E-state index in [2.05, 4.69) is 154 Å². The molecule has 7 rings (SSSR count). The third-order valence-electron chi connectivity index (χ3n) is 12.9. The Morgan fingerprint density at radius 3 is 1.77 bits per heavy atom. The van der Waals surface area contributed by atoms with E-state index in [1.165, 1.54) is 15.3 Å². The monoisotopic (exact) mass is 922 g/mol. The first-order chi connectivity index (χ1) is 31.2. The van der Waals surface area contributed by atoms with Crippen LogP contribution in [0.5, 0.6) is 5.75 Å². The van der Waals surface area contributed by atoms with Gasteiger partial charge < -0.3 is 18.5 Å². The van der Waals surface area contributed by atoms with Gasteiger partial charge in [0.25, 0.3) is 8.32 Å². The quantitative estimate of drug-likeness (QED) is 0.0800. The van der Waals surface area contributed by atoms with Crippen LogP contribution in [0.1, 0.15) is 74.7 Å². The summed E-state index contributed by atoms with van der Waals surface area (Å²) in [6.45, 7) is 14.4. The van der Waals surface area contributed by atoms with Gasteiger partial charge in [-0.15, -0.1) is 0 Å². The molecule has 2 amide bonds. The maximum Gasteiger partial charge on any atom is 0.417 e. The zero-order valence-corrected chi connectivity index (χ0v) is 41.6. The number of imide groups is 1. The molecule has 1 fully saturated rings. The van der Waals surface area contributed by atoms with Gasteiger partial charge >= 0.3 is 6.09 Å². The van der Waals surface area contributed by atoms with Crippen LogP contribution in [0.15, 0.2) is 170 Å². The van der Waals surface area contributed by atoms with Gasteiger partial charge in [-0.25, -0.2) is 9.69 Å². The maximum atomic E-state index is 15.9. The number of para-hydroxylation sites is 1. The normalized spacial score (nSPS) is 15.8. The summed E-state index contributed by atoms with van der Waals surface area (Å²) in [5.74, 6) is -0.199. The second-order valence-corrected chi connectivity index (χ2v) is 28.6. The van der Waals surface area contributed by atoms with Crippen LogP contribution in [0.3, 0.4) is 0 Å². The summed E-state index contributed by atoms with van der Waals surface area (Å²) in [6.07, 6.45) is 1.20. The number of benzene rings is 6. The molecule has 0 saturated carbocycles. The second-order valence-electron chi connectivity index (χ2n) is 19.0. The highest BCUT2D eigenvalue weighted by Crippen LogP contribution is 2.44. The molecule has 0 unspecified atom stereocenters. The number of anilines is 1. The Hall–Kier alpha value is -5.46. The lowest BCUT2D eigenvalue weighted by atomic mass is 9.82. The molecule has 1 heterocycles. The van der Waals surface area contributed by atoms with Crippen LogP contribution in [0, 0.1) is 5.92 Å². The Morgan fingerprint density at radius 1 is 0.723 bits per heavy atom. The molecule has 0 aromatic heterocycles. The molecule has 10 heteroatoms. The van der Waals surface area contributed by atoms with Crippen molar-refractivity contribution in [3.63, 3.8) is 0 Å². The minimum Gasteiger partial charge on any atom is -0.497 e. The van der Waals surface area contributed by atoms with Gasteiger partial charge in [0, 0.05) is 17.3 Å². The Labute approximate surface area is 393 Å². The number of hydrogen-bond acceptors (Lipinski definition) is 6. The number of amides is 2. The minimum absolute atomic E-state index is 0.00944. The molecule has 0 aliphatic carbocycles. The van der Waals surface area contributed by atoms with Crippen molar-refractivity contribution in [3.8, 4) is 5.75 Å². The molecule has 65 heavy (non-hydrogen) atoms. The summed E-state index contributed by atoms with van der Waals surface area (Å²) in [4.78, 5) is 31.2. The molecule has 7 nitrogen and oxygen atoms in total. The van der Waals surface area contributed by atoms with Crippen LogP contribution in [0.2, 0.25) is 29.7 Å². The van der Waals surface area contributed by atoms with E-state index >= 15 is 4.79 Å². The molecule has 1 aliphatic heterocycles.